The fourth-order valence-electron chi connectivity index (χ4n) is 3.25. The molecule has 1 N–H and O–H groups in total. The molecule has 0 aromatic heterocycles. The number of halogens is 1. The number of benzene rings is 2. The lowest BCUT2D eigenvalue weighted by Crippen LogP contribution is -2.37. The molecule has 0 spiro atoms. The minimum Gasteiger partial charge on any atom is -0.493 e. The Morgan fingerprint density at radius 1 is 1.25 bits per heavy atom. The Bertz CT molecular complexity index is 816. The molecule has 1 saturated carbocycles. The number of ether oxygens (including phenoxy) is 3. The summed E-state index contributed by atoms with van der Waals surface area (Å²) in [6, 6.07) is 12.1. The zero-order valence-corrected chi connectivity index (χ0v) is 16.1. The molecule has 2 aromatic rings. The molecule has 6 heteroatoms. The molecular formula is C22H25FO5. The van der Waals surface area contributed by atoms with Crippen molar-refractivity contribution in [3.05, 3.63) is 53.8 Å². The van der Waals surface area contributed by atoms with E-state index in [0.29, 0.717) is 24.7 Å². The lowest BCUT2D eigenvalue weighted by Gasteiger charge is -2.35. The van der Waals surface area contributed by atoms with Crippen LogP contribution in [0, 0.1) is 17.7 Å². The highest BCUT2D eigenvalue weighted by Gasteiger charge is 2.32. The maximum atomic E-state index is 13.9. The van der Waals surface area contributed by atoms with E-state index in [0.717, 1.165) is 24.2 Å². The van der Waals surface area contributed by atoms with Gasteiger partial charge in [0.2, 0.25) is 0 Å². The van der Waals surface area contributed by atoms with Crippen LogP contribution in [0.5, 0.6) is 17.2 Å². The quantitative estimate of drug-likeness (QED) is 0.693. The van der Waals surface area contributed by atoms with Crippen molar-refractivity contribution in [3.63, 3.8) is 0 Å². The highest BCUT2D eigenvalue weighted by Crippen LogP contribution is 2.37. The maximum Gasteiger partial charge on any atom is 0.306 e. The Labute approximate surface area is 164 Å². The van der Waals surface area contributed by atoms with E-state index in [2.05, 4.69) is 0 Å². The molecule has 1 unspecified atom stereocenters. The average Bonchev–Trinajstić information content (AvgIpc) is 2.64. The molecule has 0 saturated heterocycles. The van der Waals surface area contributed by atoms with Gasteiger partial charge in [0.05, 0.1) is 25.7 Å². The van der Waals surface area contributed by atoms with Crippen molar-refractivity contribution in [2.24, 2.45) is 11.8 Å². The molecule has 1 atom stereocenters. The summed E-state index contributed by atoms with van der Waals surface area (Å²) in [5.41, 5.74) is 0.939. The van der Waals surface area contributed by atoms with Gasteiger partial charge in [-0.1, -0.05) is 25.1 Å². The maximum absolute atomic E-state index is 13.9. The first-order valence-corrected chi connectivity index (χ1v) is 9.40. The zero-order valence-electron chi connectivity index (χ0n) is 16.1. The van der Waals surface area contributed by atoms with Gasteiger partial charge in [0.25, 0.3) is 0 Å². The molecule has 1 aliphatic rings. The van der Waals surface area contributed by atoms with E-state index in [4.69, 9.17) is 19.3 Å². The van der Waals surface area contributed by atoms with Crippen molar-refractivity contribution < 1.29 is 28.5 Å². The second-order valence-electron chi connectivity index (χ2n) is 7.25. The van der Waals surface area contributed by atoms with Crippen LogP contribution in [-0.4, -0.2) is 30.9 Å². The predicted octanol–water partition coefficient (Wildman–Crippen LogP) is 4.33. The van der Waals surface area contributed by atoms with E-state index in [9.17, 15) is 9.18 Å². The van der Waals surface area contributed by atoms with Gasteiger partial charge in [0, 0.05) is 0 Å². The second kappa shape index (κ2) is 8.95. The molecule has 1 fully saturated rings. The summed E-state index contributed by atoms with van der Waals surface area (Å²) >= 11 is 0. The summed E-state index contributed by atoms with van der Waals surface area (Å²) in [4.78, 5) is 11.0. The number of methoxy groups -OCH3 is 1. The number of rotatable bonds is 9. The van der Waals surface area contributed by atoms with Crippen molar-refractivity contribution in [3.8, 4) is 17.2 Å². The number of para-hydroxylation sites is 1. The van der Waals surface area contributed by atoms with Crippen LogP contribution in [0.4, 0.5) is 4.39 Å². The third-order valence-electron chi connectivity index (χ3n) is 4.98. The molecule has 2 aromatic carbocycles. The lowest BCUT2D eigenvalue weighted by molar-refractivity contribution is -0.141. The monoisotopic (exact) mass is 388 g/mol. The first-order chi connectivity index (χ1) is 13.5. The normalized spacial score (nSPS) is 19.4. The smallest absolute Gasteiger partial charge is 0.306 e. The highest BCUT2D eigenvalue weighted by atomic mass is 19.1. The topological polar surface area (TPSA) is 65.0 Å². The summed E-state index contributed by atoms with van der Waals surface area (Å²) in [5, 5.41) is 9.03. The number of hydrogen-bond donors (Lipinski definition) is 1. The highest BCUT2D eigenvalue weighted by molar-refractivity contribution is 5.69. The summed E-state index contributed by atoms with van der Waals surface area (Å²) in [5.74, 6) is -0.0405. The van der Waals surface area contributed by atoms with Gasteiger partial charge >= 0.3 is 5.97 Å². The van der Waals surface area contributed by atoms with Gasteiger partial charge in [-0.3, -0.25) is 4.79 Å². The number of carboxylic acid groups (broad SMARTS) is 1. The van der Waals surface area contributed by atoms with Gasteiger partial charge in [-0.15, -0.1) is 0 Å². The Morgan fingerprint density at radius 3 is 2.71 bits per heavy atom. The number of hydrogen-bond acceptors (Lipinski definition) is 4. The van der Waals surface area contributed by atoms with E-state index in [1.165, 1.54) is 13.2 Å². The Balaban J connectivity index is 1.46. The molecule has 5 nitrogen and oxygen atoms in total. The van der Waals surface area contributed by atoms with Crippen molar-refractivity contribution in [1.82, 2.24) is 0 Å². The molecule has 28 heavy (non-hydrogen) atoms. The van der Waals surface area contributed by atoms with E-state index in [1.807, 2.05) is 24.3 Å². The lowest BCUT2D eigenvalue weighted by atomic mass is 9.83. The largest absolute Gasteiger partial charge is 0.493 e. The van der Waals surface area contributed by atoms with E-state index < -0.39 is 17.7 Å². The fourth-order valence-corrected chi connectivity index (χ4v) is 3.25. The Kier molecular flexibility index (Phi) is 6.39. The van der Waals surface area contributed by atoms with Crippen LogP contribution in [0.2, 0.25) is 0 Å². The van der Waals surface area contributed by atoms with E-state index in [1.54, 1.807) is 19.1 Å². The number of carboxylic acids is 1. The van der Waals surface area contributed by atoms with Crippen molar-refractivity contribution in [2.75, 3.05) is 13.7 Å². The SMILES string of the molecule is COc1cccc(F)c1OC1CC(COc2cccc(CC(C)C(=O)O)c2)C1. The van der Waals surface area contributed by atoms with Crippen LogP contribution in [0.3, 0.4) is 0 Å². The van der Waals surface area contributed by atoms with E-state index in [-0.39, 0.29) is 11.9 Å². The van der Waals surface area contributed by atoms with Crippen molar-refractivity contribution in [1.29, 1.82) is 0 Å². The summed E-state index contributed by atoms with van der Waals surface area (Å²) in [6.07, 6.45) is 1.98. The zero-order chi connectivity index (χ0) is 20.1. The minimum absolute atomic E-state index is 0.0536. The minimum atomic E-state index is -0.807. The third-order valence-corrected chi connectivity index (χ3v) is 4.98. The molecule has 0 amide bonds. The van der Waals surface area contributed by atoms with Crippen LogP contribution in [0.15, 0.2) is 42.5 Å². The number of aliphatic carboxylic acids is 1. The molecule has 0 bridgehead atoms. The standard InChI is InChI=1S/C22H25FO5/c1-14(22(24)25)9-15-5-3-6-17(10-15)27-13-16-11-18(12-16)28-21-19(23)7-4-8-20(21)26-2/h3-8,10,14,16,18H,9,11-13H2,1-2H3,(H,24,25). The summed E-state index contributed by atoms with van der Waals surface area (Å²) < 4.78 is 30.7. The van der Waals surface area contributed by atoms with Gasteiger partial charge in [-0.25, -0.2) is 4.39 Å². The Morgan fingerprint density at radius 2 is 2.00 bits per heavy atom. The average molecular weight is 388 g/mol. The number of carbonyl (C=O) groups is 1. The second-order valence-corrected chi connectivity index (χ2v) is 7.25. The van der Waals surface area contributed by atoms with Gasteiger partial charge in [0.1, 0.15) is 5.75 Å². The van der Waals surface area contributed by atoms with Crippen molar-refractivity contribution in [2.45, 2.75) is 32.3 Å². The molecule has 0 heterocycles. The van der Waals surface area contributed by atoms with Crippen LogP contribution >= 0.6 is 0 Å². The van der Waals surface area contributed by atoms with Gasteiger partial charge in [-0.05, 0) is 55.0 Å². The van der Waals surface area contributed by atoms with Gasteiger partial charge < -0.3 is 19.3 Å². The molecule has 1 aliphatic carbocycles. The molecule has 0 aliphatic heterocycles. The predicted molar refractivity (Wildman–Crippen MR) is 103 cm³/mol. The molecule has 0 radical (unpaired) electrons. The van der Waals surface area contributed by atoms with Gasteiger partial charge in [-0.2, -0.15) is 0 Å². The van der Waals surface area contributed by atoms with Crippen LogP contribution in [0.25, 0.3) is 0 Å². The first kappa shape index (κ1) is 20.0. The summed E-state index contributed by atoms with van der Waals surface area (Å²) in [7, 11) is 1.49. The van der Waals surface area contributed by atoms with Crippen LogP contribution < -0.4 is 14.2 Å². The molecular weight excluding hydrogens is 363 g/mol. The van der Waals surface area contributed by atoms with Gasteiger partial charge in [0.15, 0.2) is 17.3 Å². The fraction of sp³-hybridized carbons (Fsp3) is 0.409. The first-order valence-electron chi connectivity index (χ1n) is 9.40. The van der Waals surface area contributed by atoms with E-state index >= 15 is 0 Å². The molecule has 3 rings (SSSR count). The van der Waals surface area contributed by atoms with Crippen LogP contribution in [0.1, 0.15) is 25.3 Å². The molecule has 150 valence electrons. The van der Waals surface area contributed by atoms with Crippen molar-refractivity contribution >= 4 is 5.97 Å². The summed E-state index contributed by atoms with van der Waals surface area (Å²) in [6.45, 7) is 2.24. The third kappa shape index (κ3) is 4.94. The van der Waals surface area contributed by atoms with Crippen LogP contribution in [-0.2, 0) is 11.2 Å². The Hall–Kier alpha value is -2.76.